The highest BCUT2D eigenvalue weighted by Crippen LogP contribution is 2.16. The highest BCUT2D eigenvalue weighted by Gasteiger charge is 2.10. The number of nitrogens with one attached hydrogen (secondary N) is 1. The minimum absolute atomic E-state index is 0.812. The first-order chi connectivity index (χ1) is 5.93. The molecular formula is C10H21NS. The Morgan fingerprint density at radius 1 is 1.08 bits per heavy atom. The van der Waals surface area contributed by atoms with Gasteiger partial charge in [0.15, 0.2) is 0 Å². The minimum Gasteiger partial charge on any atom is -0.314 e. The summed E-state index contributed by atoms with van der Waals surface area (Å²) >= 11 is 4.20. The molecule has 0 atom stereocenters. The number of rotatable bonds is 4. The minimum atomic E-state index is 0.812. The first-order valence-corrected chi connectivity index (χ1v) is 5.91. The number of hydrogen-bond donors (Lipinski definition) is 2. The van der Waals surface area contributed by atoms with Crippen LogP contribution < -0.4 is 5.32 Å². The van der Waals surface area contributed by atoms with E-state index in [0.29, 0.717) is 0 Å². The average Bonchev–Trinajstić information content (AvgIpc) is 2.33. The van der Waals surface area contributed by atoms with E-state index in [9.17, 15) is 0 Å². The largest absolute Gasteiger partial charge is 0.314 e. The van der Waals surface area contributed by atoms with E-state index in [1.54, 1.807) is 0 Å². The predicted molar refractivity (Wildman–Crippen MR) is 58.0 cm³/mol. The van der Waals surface area contributed by atoms with E-state index in [0.717, 1.165) is 18.3 Å². The number of thiol groups is 1. The molecule has 0 amide bonds. The quantitative estimate of drug-likeness (QED) is 0.392. The molecule has 0 bridgehead atoms. The molecule has 0 saturated heterocycles. The van der Waals surface area contributed by atoms with Crippen molar-refractivity contribution in [2.45, 2.75) is 51.0 Å². The highest BCUT2D eigenvalue weighted by molar-refractivity contribution is 7.80. The van der Waals surface area contributed by atoms with Crippen LogP contribution in [0.15, 0.2) is 0 Å². The van der Waals surface area contributed by atoms with Crippen molar-refractivity contribution < 1.29 is 0 Å². The Morgan fingerprint density at radius 2 is 1.75 bits per heavy atom. The zero-order chi connectivity index (χ0) is 8.65. The summed E-state index contributed by atoms with van der Waals surface area (Å²) in [4.78, 5) is 0. The van der Waals surface area contributed by atoms with Gasteiger partial charge in [-0.1, -0.05) is 25.7 Å². The van der Waals surface area contributed by atoms with E-state index in [-0.39, 0.29) is 0 Å². The van der Waals surface area contributed by atoms with Crippen molar-refractivity contribution >= 4 is 12.6 Å². The lowest BCUT2D eigenvalue weighted by Gasteiger charge is -2.15. The van der Waals surface area contributed by atoms with Gasteiger partial charge >= 0.3 is 0 Å². The van der Waals surface area contributed by atoms with E-state index in [2.05, 4.69) is 17.9 Å². The summed E-state index contributed by atoms with van der Waals surface area (Å²) in [7, 11) is 0. The fourth-order valence-corrected chi connectivity index (χ4v) is 2.03. The lowest BCUT2D eigenvalue weighted by Crippen LogP contribution is -2.29. The maximum Gasteiger partial charge on any atom is 0.00670 e. The Morgan fingerprint density at radius 3 is 2.33 bits per heavy atom. The van der Waals surface area contributed by atoms with E-state index in [1.165, 1.54) is 44.9 Å². The second-order valence-corrected chi connectivity index (χ2v) is 4.17. The zero-order valence-corrected chi connectivity index (χ0v) is 8.78. The third kappa shape index (κ3) is 4.36. The van der Waals surface area contributed by atoms with Gasteiger partial charge in [0, 0.05) is 6.04 Å². The topological polar surface area (TPSA) is 12.0 Å². The molecule has 0 aromatic rings. The van der Waals surface area contributed by atoms with Crippen molar-refractivity contribution in [1.29, 1.82) is 0 Å². The van der Waals surface area contributed by atoms with Crippen LogP contribution in [-0.4, -0.2) is 18.3 Å². The summed E-state index contributed by atoms with van der Waals surface area (Å²) in [6, 6.07) is 0.812. The summed E-state index contributed by atoms with van der Waals surface area (Å²) in [5.41, 5.74) is 0. The van der Waals surface area contributed by atoms with Crippen LogP contribution in [0.2, 0.25) is 0 Å². The van der Waals surface area contributed by atoms with E-state index < -0.39 is 0 Å². The Labute approximate surface area is 81.7 Å². The van der Waals surface area contributed by atoms with Gasteiger partial charge in [-0.15, -0.1) is 0 Å². The molecule has 0 spiro atoms. The van der Waals surface area contributed by atoms with Crippen LogP contribution in [0.4, 0.5) is 0 Å². The molecule has 12 heavy (non-hydrogen) atoms. The molecule has 1 N–H and O–H groups in total. The summed E-state index contributed by atoms with van der Waals surface area (Å²) in [6.45, 7) is 1.16. The van der Waals surface area contributed by atoms with Gasteiger partial charge in [0.05, 0.1) is 0 Å². The molecule has 72 valence electrons. The lowest BCUT2D eigenvalue weighted by atomic mass is 10.1. The summed E-state index contributed by atoms with van der Waals surface area (Å²) in [5.74, 6) is 1.01. The van der Waals surface area contributed by atoms with E-state index >= 15 is 0 Å². The molecule has 0 aromatic carbocycles. The normalized spacial score (nSPS) is 20.8. The van der Waals surface area contributed by atoms with Crippen molar-refractivity contribution in [2.24, 2.45) is 0 Å². The molecule has 0 heterocycles. The second kappa shape index (κ2) is 6.79. The Balaban J connectivity index is 2.04. The molecule has 0 radical (unpaired) electrons. The van der Waals surface area contributed by atoms with Crippen molar-refractivity contribution in [1.82, 2.24) is 5.32 Å². The van der Waals surface area contributed by atoms with Crippen LogP contribution in [-0.2, 0) is 0 Å². The highest BCUT2D eigenvalue weighted by atomic mass is 32.1. The molecule has 1 fully saturated rings. The van der Waals surface area contributed by atoms with Crippen LogP contribution in [0.3, 0.4) is 0 Å². The molecule has 2 heteroatoms. The first kappa shape index (κ1) is 10.4. The van der Waals surface area contributed by atoms with Gasteiger partial charge in [-0.05, 0) is 31.6 Å². The van der Waals surface area contributed by atoms with Gasteiger partial charge in [0.2, 0.25) is 0 Å². The molecular weight excluding hydrogens is 166 g/mol. The molecule has 1 rings (SSSR count). The summed E-state index contributed by atoms with van der Waals surface area (Å²) in [5, 5.41) is 3.61. The molecule has 0 aliphatic heterocycles. The van der Waals surface area contributed by atoms with Gasteiger partial charge < -0.3 is 5.32 Å². The average molecular weight is 187 g/mol. The molecule has 1 nitrogen and oxygen atoms in total. The third-order valence-electron chi connectivity index (χ3n) is 2.62. The van der Waals surface area contributed by atoms with Gasteiger partial charge in [0.1, 0.15) is 0 Å². The van der Waals surface area contributed by atoms with Crippen molar-refractivity contribution in [2.75, 3.05) is 12.3 Å². The van der Waals surface area contributed by atoms with Crippen molar-refractivity contribution in [3.05, 3.63) is 0 Å². The van der Waals surface area contributed by atoms with Crippen LogP contribution in [0.5, 0.6) is 0 Å². The van der Waals surface area contributed by atoms with E-state index in [1.807, 2.05) is 0 Å². The monoisotopic (exact) mass is 187 g/mol. The SMILES string of the molecule is SCCCNC1CCCCCC1. The van der Waals surface area contributed by atoms with E-state index in [4.69, 9.17) is 0 Å². The van der Waals surface area contributed by atoms with Gasteiger partial charge in [-0.3, -0.25) is 0 Å². The predicted octanol–water partition coefficient (Wildman–Crippen LogP) is 2.62. The third-order valence-corrected chi connectivity index (χ3v) is 2.94. The van der Waals surface area contributed by atoms with Gasteiger partial charge in [0.25, 0.3) is 0 Å². The van der Waals surface area contributed by atoms with Crippen molar-refractivity contribution in [3.8, 4) is 0 Å². The van der Waals surface area contributed by atoms with Gasteiger partial charge in [-0.25, -0.2) is 0 Å². The number of hydrogen-bond acceptors (Lipinski definition) is 2. The Kier molecular flexibility index (Phi) is 5.88. The maximum atomic E-state index is 4.20. The fraction of sp³-hybridized carbons (Fsp3) is 1.00. The molecule has 1 saturated carbocycles. The molecule has 0 unspecified atom stereocenters. The Bertz CT molecular complexity index is 98.0. The van der Waals surface area contributed by atoms with Crippen LogP contribution in [0, 0.1) is 0 Å². The van der Waals surface area contributed by atoms with Crippen LogP contribution in [0.1, 0.15) is 44.9 Å². The maximum absolute atomic E-state index is 4.20. The Hall–Kier alpha value is 0.310. The molecule has 1 aliphatic rings. The lowest BCUT2D eigenvalue weighted by molar-refractivity contribution is 0.461. The second-order valence-electron chi connectivity index (χ2n) is 3.72. The summed E-state index contributed by atoms with van der Waals surface area (Å²) in [6.07, 6.45) is 9.76. The smallest absolute Gasteiger partial charge is 0.00670 e. The zero-order valence-electron chi connectivity index (χ0n) is 7.89. The van der Waals surface area contributed by atoms with Gasteiger partial charge in [-0.2, -0.15) is 12.6 Å². The standard InChI is InChI=1S/C10H21NS/c12-9-5-8-11-10-6-3-1-2-4-7-10/h10-12H,1-9H2. The van der Waals surface area contributed by atoms with Crippen molar-refractivity contribution in [3.63, 3.8) is 0 Å². The van der Waals surface area contributed by atoms with Crippen LogP contribution >= 0.6 is 12.6 Å². The molecule has 1 aliphatic carbocycles. The summed E-state index contributed by atoms with van der Waals surface area (Å²) < 4.78 is 0. The first-order valence-electron chi connectivity index (χ1n) is 5.27. The van der Waals surface area contributed by atoms with Crippen LogP contribution in [0.25, 0.3) is 0 Å². The molecule has 0 aromatic heterocycles. The fourth-order valence-electron chi connectivity index (χ4n) is 1.87.